The smallest absolute Gasteiger partial charge is 0.159 e. The van der Waals surface area contributed by atoms with Crippen molar-refractivity contribution in [1.82, 2.24) is 0 Å². The summed E-state index contributed by atoms with van der Waals surface area (Å²) in [5.41, 5.74) is 0.583. The average molecular weight is 193 g/mol. The van der Waals surface area contributed by atoms with E-state index in [0.29, 0.717) is 5.56 Å². The van der Waals surface area contributed by atoms with E-state index in [2.05, 4.69) is 0 Å². The van der Waals surface area contributed by atoms with E-state index in [0.717, 1.165) is 0 Å². The van der Waals surface area contributed by atoms with Gasteiger partial charge in [-0.1, -0.05) is 38.1 Å². The maximum absolute atomic E-state index is 10.8. The second-order valence-corrected chi connectivity index (χ2v) is 2.42. The Balaban J connectivity index is 0.000000791. The third-order valence-corrected chi connectivity index (χ3v) is 1.53. The second-order valence-electron chi connectivity index (χ2n) is 2.42. The van der Waals surface area contributed by atoms with Crippen LogP contribution in [-0.2, 0) is 0 Å². The Hall–Kier alpha value is -1.64. The highest BCUT2D eigenvalue weighted by atomic mass is 16.4. The summed E-state index contributed by atoms with van der Waals surface area (Å²) in [6, 6.07) is 5.64. The van der Waals surface area contributed by atoms with Crippen LogP contribution in [0.25, 0.3) is 0 Å². The first-order chi connectivity index (χ1) is 6.61. The van der Waals surface area contributed by atoms with Crippen molar-refractivity contribution in [2.75, 3.05) is 0 Å². The molecule has 0 aliphatic heterocycles. The predicted molar refractivity (Wildman–Crippen MR) is 52.1 cm³/mol. The van der Waals surface area contributed by atoms with Gasteiger partial charge in [-0.2, -0.15) is 0 Å². The monoisotopic (exact) mass is 193 g/mol. The molecule has 0 aliphatic rings. The molecule has 0 N–H and O–H groups in total. The molecule has 0 spiro atoms. The number of carboxylic acids is 1. The lowest BCUT2D eigenvalue weighted by Gasteiger charge is -2.01. The number of hydrogen-bond acceptors (Lipinski definition) is 3. The van der Waals surface area contributed by atoms with Gasteiger partial charge in [0, 0.05) is 5.56 Å². The number of aromatic carboxylic acids is 1. The van der Waals surface area contributed by atoms with Crippen molar-refractivity contribution in [3.63, 3.8) is 0 Å². The van der Waals surface area contributed by atoms with Gasteiger partial charge in [0.25, 0.3) is 0 Å². The summed E-state index contributed by atoms with van der Waals surface area (Å²) in [4.78, 5) is 21.0. The minimum absolute atomic E-state index is 0.0833. The van der Waals surface area contributed by atoms with Gasteiger partial charge in [0.15, 0.2) is 5.78 Å². The molecule has 0 unspecified atom stereocenters. The number of carboxylic acid groups (broad SMARTS) is 1. The van der Waals surface area contributed by atoms with Crippen LogP contribution in [0.4, 0.5) is 0 Å². The van der Waals surface area contributed by atoms with E-state index in [4.69, 9.17) is 0 Å². The lowest BCUT2D eigenvalue weighted by molar-refractivity contribution is -0.255. The van der Waals surface area contributed by atoms with E-state index in [1.54, 1.807) is 0 Å². The molecule has 0 fully saturated rings. The zero-order chi connectivity index (χ0) is 11.1. The molecular formula is C11H13O3-. The Morgan fingerprint density at radius 2 is 1.36 bits per heavy atom. The molecule has 3 heteroatoms. The summed E-state index contributed by atoms with van der Waals surface area (Å²) >= 11 is 0. The first kappa shape index (κ1) is 12.4. The molecule has 1 rings (SSSR count). The first-order valence-corrected chi connectivity index (χ1v) is 4.43. The lowest BCUT2D eigenvalue weighted by atomic mass is 10.1. The number of carbonyl (C=O) groups excluding carboxylic acids is 2. The van der Waals surface area contributed by atoms with Gasteiger partial charge in [0.1, 0.15) is 0 Å². The fourth-order valence-electron chi connectivity index (χ4n) is 0.841. The summed E-state index contributed by atoms with van der Waals surface area (Å²) in [5.74, 6) is -1.31. The molecule has 0 radical (unpaired) electrons. The van der Waals surface area contributed by atoms with Crippen molar-refractivity contribution < 1.29 is 14.7 Å². The van der Waals surface area contributed by atoms with Gasteiger partial charge in [0.05, 0.1) is 5.97 Å². The third-order valence-electron chi connectivity index (χ3n) is 1.53. The van der Waals surface area contributed by atoms with Crippen LogP contribution in [0, 0.1) is 0 Å². The molecule has 3 nitrogen and oxygen atoms in total. The van der Waals surface area contributed by atoms with Crippen LogP contribution in [0.2, 0.25) is 0 Å². The summed E-state index contributed by atoms with van der Waals surface area (Å²) in [7, 11) is 0. The van der Waals surface area contributed by atoms with Crippen LogP contribution in [0.5, 0.6) is 0 Å². The first-order valence-electron chi connectivity index (χ1n) is 4.43. The average Bonchev–Trinajstić information content (AvgIpc) is 2.21. The molecule has 0 bridgehead atoms. The molecule has 0 saturated heterocycles. The molecule has 1 aromatic carbocycles. The molecular weight excluding hydrogens is 180 g/mol. The number of benzene rings is 1. The van der Waals surface area contributed by atoms with E-state index in [-0.39, 0.29) is 11.3 Å². The molecule has 1 aromatic rings. The number of carbonyl (C=O) groups is 2. The topological polar surface area (TPSA) is 57.2 Å². The Morgan fingerprint density at radius 3 is 1.64 bits per heavy atom. The van der Waals surface area contributed by atoms with Crippen molar-refractivity contribution in [2.45, 2.75) is 20.8 Å². The Morgan fingerprint density at radius 1 is 1.00 bits per heavy atom. The van der Waals surface area contributed by atoms with Crippen LogP contribution in [0.3, 0.4) is 0 Å². The SMILES string of the molecule is CC.CC(=O)c1ccc(C(=O)[O-])cc1. The fourth-order valence-corrected chi connectivity index (χ4v) is 0.841. The normalized spacial score (nSPS) is 8.50. The minimum atomic E-state index is -1.23. The second kappa shape index (κ2) is 5.91. The largest absolute Gasteiger partial charge is 0.545 e. The van der Waals surface area contributed by atoms with E-state index < -0.39 is 5.97 Å². The van der Waals surface area contributed by atoms with Crippen LogP contribution in [0.15, 0.2) is 24.3 Å². The molecule has 0 saturated carbocycles. The maximum Gasteiger partial charge on any atom is 0.159 e. The standard InChI is InChI=1S/C9H8O3.C2H6/c1-6(10)7-2-4-8(5-3-7)9(11)12;1-2/h2-5H,1H3,(H,11,12);1-2H3/p-1. The van der Waals surface area contributed by atoms with Crippen LogP contribution in [-0.4, -0.2) is 11.8 Å². The lowest BCUT2D eigenvalue weighted by Crippen LogP contribution is -2.22. The van der Waals surface area contributed by atoms with E-state index in [1.165, 1.54) is 31.2 Å². The minimum Gasteiger partial charge on any atom is -0.545 e. The van der Waals surface area contributed by atoms with Crippen LogP contribution >= 0.6 is 0 Å². The molecule has 0 atom stereocenters. The van der Waals surface area contributed by atoms with Crippen molar-refractivity contribution in [3.05, 3.63) is 35.4 Å². The van der Waals surface area contributed by atoms with Crippen molar-refractivity contribution in [3.8, 4) is 0 Å². The molecule has 76 valence electrons. The zero-order valence-electron chi connectivity index (χ0n) is 8.53. The highest BCUT2D eigenvalue weighted by Gasteiger charge is 1.98. The van der Waals surface area contributed by atoms with Gasteiger partial charge < -0.3 is 9.90 Å². The highest BCUT2D eigenvalue weighted by Crippen LogP contribution is 2.03. The van der Waals surface area contributed by atoms with Crippen molar-refractivity contribution >= 4 is 11.8 Å². The molecule has 0 amide bonds. The van der Waals surface area contributed by atoms with Crippen molar-refractivity contribution in [2.24, 2.45) is 0 Å². The van der Waals surface area contributed by atoms with E-state index in [1.807, 2.05) is 13.8 Å². The molecule has 14 heavy (non-hydrogen) atoms. The van der Waals surface area contributed by atoms with Crippen molar-refractivity contribution in [1.29, 1.82) is 0 Å². The zero-order valence-corrected chi connectivity index (χ0v) is 8.53. The van der Waals surface area contributed by atoms with Gasteiger partial charge in [-0.25, -0.2) is 0 Å². The number of rotatable bonds is 2. The third kappa shape index (κ3) is 3.39. The fraction of sp³-hybridized carbons (Fsp3) is 0.273. The summed E-state index contributed by atoms with van der Waals surface area (Å²) < 4.78 is 0. The Kier molecular flexibility index (Phi) is 5.22. The Labute approximate surface area is 83.4 Å². The van der Waals surface area contributed by atoms with Gasteiger partial charge in [-0.05, 0) is 12.5 Å². The molecule has 0 aliphatic carbocycles. The van der Waals surface area contributed by atoms with E-state index in [9.17, 15) is 14.7 Å². The van der Waals surface area contributed by atoms with Gasteiger partial charge in [-0.3, -0.25) is 4.79 Å². The molecule has 0 heterocycles. The number of hydrogen-bond donors (Lipinski definition) is 0. The predicted octanol–water partition coefficient (Wildman–Crippen LogP) is 1.28. The summed E-state index contributed by atoms with van der Waals surface area (Å²) in [6.07, 6.45) is 0. The van der Waals surface area contributed by atoms with Crippen LogP contribution < -0.4 is 5.11 Å². The van der Waals surface area contributed by atoms with Gasteiger partial charge in [-0.15, -0.1) is 0 Å². The number of ketones is 1. The van der Waals surface area contributed by atoms with Gasteiger partial charge in [0.2, 0.25) is 0 Å². The highest BCUT2D eigenvalue weighted by molar-refractivity contribution is 5.95. The quantitative estimate of drug-likeness (QED) is 0.665. The Bertz CT molecular complexity index is 279. The summed E-state index contributed by atoms with van der Waals surface area (Å²) in [6.45, 7) is 5.42. The summed E-state index contributed by atoms with van der Waals surface area (Å²) in [5, 5.41) is 10.3. The van der Waals surface area contributed by atoms with E-state index >= 15 is 0 Å². The maximum atomic E-state index is 10.8. The van der Waals surface area contributed by atoms with Crippen LogP contribution in [0.1, 0.15) is 41.5 Å². The molecule has 0 aromatic heterocycles. The van der Waals surface area contributed by atoms with Gasteiger partial charge >= 0.3 is 0 Å². The number of Topliss-reactive ketones (excluding diaryl/α,β-unsaturated/α-hetero) is 1.